The molecule has 4 heterocycles. The van der Waals surface area contributed by atoms with Crippen molar-refractivity contribution in [2.75, 3.05) is 12.3 Å². The predicted octanol–water partition coefficient (Wildman–Crippen LogP) is 0.679. The van der Waals surface area contributed by atoms with Gasteiger partial charge in [-0.25, -0.2) is 15.0 Å². The number of aromatic nitrogens is 5. The van der Waals surface area contributed by atoms with Crippen LogP contribution in [0, 0.1) is 0 Å². The van der Waals surface area contributed by atoms with E-state index >= 15 is 0 Å². The lowest BCUT2D eigenvalue weighted by molar-refractivity contribution is -0.0511. The summed E-state index contributed by atoms with van der Waals surface area (Å²) in [5, 5.41) is 29.7. The standard InChI is InChI=1S/C19H26N6O4/c1-2-3-4-6-24-7-5-11(8-24)17-22-16(20)13-18(23-17)25(10-21-13)19-15(28)14(27)12(9-26)29-19/h5,7-8,10,12,14-15,19,26-28H,2-4,6,9H2,1H3,(H2,20,22,23)/t12-,14-,15-,19?/m0/s1. The highest BCUT2D eigenvalue weighted by atomic mass is 16.6. The Kier molecular flexibility index (Phi) is 5.50. The summed E-state index contributed by atoms with van der Waals surface area (Å²) in [6.45, 7) is 2.68. The first-order chi connectivity index (χ1) is 14.0. The number of aliphatic hydroxyl groups is 3. The lowest BCUT2D eigenvalue weighted by Crippen LogP contribution is -2.33. The van der Waals surface area contributed by atoms with E-state index in [-0.39, 0.29) is 5.82 Å². The van der Waals surface area contributed by atoms with Crippen molar-refractivity contribution < 1.29 is 20.1 Å². The average molecular weight is 402 g/mol. The van der Waals surface area contributed by atoms with Crippen molar-refractivity contribution in [3.8, 4) is 11.4 Å². The highest BCUT2D eigenvalue weighted by Gasteiger charge is 2.44. The van der Waals surface area contributed by atoms with Crippen molar-refractivity contribution in [3.63, 3.8) is 0 Å². The molecule has 0 aromatic carbocycles. The van der Waals surface area contributed by atoms with Crippen molar-refractivity contribution in [2.45, 2.75) is 57.3 Å². The summed E-state index contributed by atoms with van der Waals surface area (Å²) in [6.07, 6.45) is 4.57. The SMILES string of the molecule is CCCCCn1ccc(-c2nc(N)c3ncn(C4O[C@@H](CO)[C@H](O)[C@@H]4O)c3n2)c1. The second-order valence-corrected chi connectivity index (χ2v) is 7.33. The molecule has 3 aromatic heterocycles. The molecule has 4 atom stereocenters. The number of aliphatic hydroxyl groups excluding tert-OH is 3. The quantitative estimate of drug-likeness (QED) is 0.422. The van der Waals surface area contributed by atoms with Crippen molar-refractivity contribution in [3.05, 3.63) is 24.8 Å². The van der Waals surface area contributed by atoms with Crippen LogP contribution in [0.25, 0.3) is 22.6 Å². The van der Waals surface area contributed by atoms with E-state index in [1.165, 1.54) is 17.3 Å². The molecule has 1 unspecified atom stereocenters. The van der Waals surface area contributed by atoms with Gasteiger partial charge in [0.25, 0.3) is 0 Å². The van der Waals surface area contributed by atoms with Gasteiger partial charge in [0.15, 0.2) is 23.5 Å². The molecule has 4 rings (SSSR count). The number of hydrogen-bond acceptors (Lipinski definition) is 8. The van der Waals surface area contributed by atoms with E-state index in [1.807, 2.05) is 18.5 Å². The van der Waals surface area contributed by atoms with E-state index in [9.17, 15) is 15.3 Å². The number of anilines is 1. The summed E-state index contributed by atoms with van der Waals surface area (Å²) in [4.78, 5) is 13.2. The minimum Gasteiger partial charge on any atom is -0.394 e. The Labute approximate surface area is 167 Å². The van der Waals surface area contributed by atoms with Crippen LogP contribution in [0.2, 0.25) is 0 Å². The molecule has 29 heavy (non-hydrogen) atoms. The van der Waals surface area contributed by atoms with Crippen molar-refractivity contribution in [1.29, 1.82) is 0 Å². The van der Waals surface area contributed by atoms with E-state index < -0.39 is 31.1 Å². The molecule has 10 nitrogen and oxygen atoms in total. The number of imidazole rings is 1. The van der Waals surface area contributed by atoms with Gasteiger partial charge in [0.1, 0.15) is 23.8 Å². The smallest absolute Gasteiger partial charge is 0.168 e. The summed E-state index contributed by atoms with van der Waals surface area (Å²) in [6, 6.07) is 1.93. The first kappa shape index (κ1) is 19.8. The Hall–Kier alpha value is -2.53. The zero-order valence-corrected chi connectivity index (χ0v) is 16.2. The minimum atomic E-state index is -1.23. The molecule has 1 aliphatic rings. The highest BCUT2D eigenvalue weighted by Crippen LogP contribution is 2.32. The van der Waals surface area contributed by atoms with Gasteiger partial charge in [-0.05, 0) is 12.5 Å². The van der Waals surface area contributed by atoms with Gasteiger partial charge in [-0.1, -0.05) is 19.8 Å². The third-order valence-electron chi connectivity index (χ3n) is 5.27. The number of nitrogens with two attached hydrogens (primary N) is 1. The lowest BCUT2D eigenvalue weighted by Gasteiger charge is -2.16. The Morgan fingerprint density at radius 1 is 1.21 bits per heavy atom. The number of nitrogens with zero attached hydrogens (tertiary/aromatic N) is 5. The van der Waals surface area contributed by atoms with Gasteiger partial charge in [0, 0.05) is 24.5 Å². The normalized spacial score (nSPS) is 24.6. The first-order valence-electron chi connectivity index (χ1n) is 9.82. The van der Waals surface area contributed by atoms with Gasteiger partial charge >= 0.3 is 0 Å². The third kappa shape index (κ3) is 3.60. The molecule has 10 heteroatoms. The second-order valence-electron chi connectivity index (χ2n) is 7.33. The number of rotatable bonds is 7. The lowest BCUT2D eigenvalue weighted by atomic mass is 10.1. The van der Waals surface area contributed by atoms with Gasteiger partial charge in [-0.3, -0.25) is 4.57 Å². The minimum absolute atomic E-state index is 0.217. The largest absolute Gasteiger partial charge is 0.394 e. The van der Waals surface area contributed by atoms with Crippen molar-refractivity contribution in [1.82, 2.24) is 24.1 Å². The van der Waals surface area contributed by atoms with Gasteiger partial charge in [0.05, 0.1) is 12.9 Å². The summed E-state index contributed by atoms with van der Waals surface area (Å²) in [5.74, 6) is 0.659. The molecular formula is C19H26N6O4. The number of nitrogen functional groups attached to an aromatic ring is 1. The maximum absolute atomic E-state index is 10.3. The fraction of sp³-hybridized carbons (Fsp3) is 0.526. The molecule has 0 aliphatic carbocycles. The maximum atomic E-state index is 10.3. The monoisotopic (exact) mass is 402 g/mol. The average Bonchev–Trinajstić information content (AvgIpc) is 3.41. The molecule has 3 aromatic rings. The zero-order chi connectivity index (χ0) is 20.5. The van der Waals surface area contributed by atoms with Crippen LogP contribution in [-0.4, -0.2) is 64.3 Å². The van der Waals surface area contributed by atoms with E-state index in [0.29, 0.717) is 17.0 Å². The van der Waals surface area contributed by atoms with Crippen LogP contribution in [0.5, 0.6) is 0 Å². The molecule has 1 saturated heterocycles. The van der Waals surface area contributed by atoms with Crippen LogP contribution in [0.1, 0.15) is 32.4 Å². The molecule has 0 radical (unpaired) electrons. The van der Waals surface area contributed by atoms with Crippen LogP contribution < -0.4 is 5.73 Å². The number of fused-ring (bicyclic) bond motifs is 1. The summed E-state index contributed by atoms with van der Waals surface area (Å²) < 4.78 is 9.21. The molecule has 156 valence electrons. The Morgan fingerprint density at radius 3 is 2.76 bits per heavy atom. The third-order valence-corrected chi connectivity index (χ3v) is 5.27. The predicted molar refractivity (Wildman–Crippen MR) is 106 cm³/mol. The number of ether oxygens (including phenoxy) is 1. The Balaban J connectivity index is 1.67. The van der Waals surface area contributed by atoms with Gasteiger partial charge < -0.3 is 30.4 Å². The summed E-state index contributed by atoms with van der Waals surface area (Å²) >= 11 is 0. The molecule has 0 saturated carbocycles. The van der Waals surface area contributed by atoms with Crippen molar-refractivity contribution >= 4 is 17.0 Å². The topological polar surface area (TPSA) is 144 Å². The van der Waals surface area contributed by atoms with Gasteiger partial charge in [0.2, 0.25) is 0 Å². The summed E-state index contributed by atoms with van der Waals surface area (Å²) in [5.41, 5.74) is 7.70. The summed E-state index contributed by atoms with van der Waals surface area (Å²) in [7, 11) is 0. The number of hydrogen-bond donors (Lipinski definition) is 4. The fourth-order valence-corrected chi connectivity index (χ4v) is 3.62. The number of unbranched alkanes of at least 4 members (excludes halogenated alkanes) is 2. The molecule has 1 aliphatic heterocycles. The van der Waals surface area contributed by atoms with Crippen LogP contribution in [0.15, 0.2) is 24.8 Å². The van der Waals surface area contributed by atoms with E-state index in [1.54, 1.807) is 0 Å². The maximum Gasteiger partial charge on any atom is 0.168 e. The van der Waals surface area contributed by atoms with Gasteiger partial charge in [-0.2, -0.15) is 0 Å². The molecule has 0 bridgehead atoms. The van der Waals surface area contributed by atoms with E-state index in [2.05, 4.69) is 26.4 Å². The fourth-order valence-electron chi connectivity index (χ4n) is 3.62. The molecular weight excluding hydrogens is 376 g/mol. The first-order valence-corrected chi connectivity index (χ1v) is 9.82. The Morgan fingerprint density at radius 2 is 2.03 bits per heavy atom. The molecule has 5 N–H and O–H groups in total. The van der Waals surface area contributed by atoms with Crippen LogP contribution in [0.3, 0.4) is 0 Å². The highest BCUT2D eigenvalue weighted by molar-refractivity contribution is 5.83. The van der Waals surface area contributed by atoms with Crippen LogP contribution in [-0.2, 0) is 11.3 Å². The van der Waals surface area contributed by atoms with Gasteiger partial charge in [-0.15, -0.1) is 0 Å². The zero-order valence-electron chi connectivity index (χ0n) is 16.2. The van der Waals surface area contributed by atoms with Crippen LogP contribution >= 0.6 is 0 Å². The molecule has 0 spiro atoms. The second kappa shape index (κ2) is 8.07. The Bertz CT molecular complexity index is 986. The number of aryl methyl sites for hydroxylation is 1. The van der Waals surface area contributed by atoms with Crippen molar-refractivity contribution in [2.24, 2.45) is 0 Å². The molecule has 1 fully saturated rings. The van der Waals surface area contributed by atoms with E-state index in [0.717, 1.165) is 24.9 Å². The van der Waals surface area contributed by atoms with E-state index in [4.69, 9.17) is 10.5 Å². The van der Waals surface area contributed by atoms with Crippen LogP contribution in [0.4, 0.5) is 5.82 Å². The molecule has 0 amide bonds.